The van der Waals surface area contributed by atoms with Gasteiger partial charge >= 0.3 is 0 Å². The summed E-state index contributed by atoms with van der Waals surface area (Å²) in [5.41, 5.74) is 0. The molecule has 0 radical (unpaired) electrons. The van der Waals surface area contributed by atoms with Crippen LogP contribution in [0, 0.1) is 5.92 Å². The number of nitrogens with zero attached hydrogens (tertiary/aromatic N) is 2. The molecule has 0 N–H and O–H groups in total. The third kappa shape index (κ3) is 2.95. The van der Waals surface area contributed by atoms with Crippen LogP contribution in [0.15, 0.2) is 10.2 Å². The zero-order chi connectivity index (χ0) is 7.28. The van der Waals surface area contributed by atoms with Crippen molar-refractivity contribution in [3.05, 3.63) is 0 Å². The summed E-state index contributed by atoms with van der Waals surface area (Å²) in [6.07, 6.45) is 0.831. The molecule has 0 bridgehead atoms. The van der Waals surface area contributed by atoms with Gasteiger partial charge < -0.3 is 0 Å². The average Bonchev–Trinajstić information content (AvgIpc) is 1.87. The molecule has 3 heteroatoms. The highest BCUT2D eigenvalue weighted by molar-refractivity contribution is 5.78. The van der Waals surface area contributed by atoms with E-state index in [9.17, 15) is 4.79 Å². The van der Waals surface area contributed by atoms with Crippen molar-refractivity contribution in [3.8, 4) is 0 Å². The maximum absolute atomic E-state index is 10.7. The summed E-state index contributed by atoms with van der Waals surface area (Å²) in [6.45, 7) is 3.80. The summed E-state index contributed by atoms with van der Waals surface area (Å²) in [5, 5.41) is 6.76. The summed E-state index contributed by atoms with van der Waals surface area (Å²) >= 11 is 0. The predicted molar refractivity (Wildman–Crippen MR) is 35.2 cm³/mol. The van der Waals surface area contributed by atoms with Crippen LogP contribution >= 0.6 is 0 Å². The zero-order valence-electron chi connectivity index (χ0n) is 6.09. The fourth-order valence-corrected chi connectivity index (χ4v) is 0.372. The lowest BCUT2D eigenvalue weighted by molar-refractivity contribution is -0.121. The van der Waals surface area contributed by atoms with Gasteiger partial charge in [0, 0.05) is 13.0 Å². The first-order valence-corrected chi connectivity index (χ1v) is 3.06. The Hall–Kier alpha value is -0.730. The molecule has 0 spiro atoms. The molecule has 0 aliphatic rings. The molecule has 0 aliphatic carbocycles. The zero-order valence-corrected chi connectivity index (χ0v) is 6.09. The van der Waals surface area contributed by atoms with E-state index in [-0.39, 0.29) is 11.8 Å². The van der Waals surface area contributed by atoms with E-state index in [4.69, 9.17) is 0 Å². The molecule has 0 heterocycles. The molecule has 1 unspecified atom stereocenters. The molecule has 52 valence electrons. The number of carbonyl (C=O) groups excluding carboxylic acids is 1. The van der Waals surface area contributed by atoms with Gasteiger partial charge in [0.25, 0.3) is 5.91 Å². The van der Waals surface area contributed by atoms with Crippen molar-refractivity contribution in [1.29, 1.82) is 0 Å². The first-order valence-electron chi connectivity index (χ1n) is 3.06. The van der Waals surface area contributed by atoms with Gasteiger partial charge in [-0.2, -0.15) is 5.11 Å². The molecule has 0 aromatic carbocycles. The van der Waals surface area contributed by atoms with Gasteiger partial charge in [0.15, 0.2) is 0 Å². The minimum Gasteiger partial charge on any atom is -0.271 e. The number of hydrogen-bond donors (Lipinski definition) is 0. The second-order valence-electron chi connectivity index (χ2n) is 1.95. The fourth-order valence-electron chi connectivity index (χ4n) is 0.372. The van der Waals surface area contributed by atoms with E-state index in [0.717, 1.165) is 6.42 Å². The molecular weight excluding hydrogens is 116 g/mol. The molecule has 0 saturated heterocycles. The molecule has 3 nitrogen and oxygen atoms in total. The van der Waals surface area contributed by atoms with Gasteiger partial charge in [-0.15, -0.1) is 5.11 Å². The highest BCUT2D eigenvalue weighted by Gasteiger charge is 2.07. The summed E-state index contributed by atoms with van der Waals surface area (Å²) in [7, 11) is 1.50. The largest absolute Gasteiger partial charge is 0.271 e. The molecule has 0 aliphatic heterocycles. The van der Waals surface area contributed by atoms with Crippen LogP contribution in [0.25, 0.3) is 0 Å². The van der Waals surface area contributed by atoms with Gasteiger partial charge in [-0.05, 0) is 6.42 Å². The number of carbonyl (C=O) groups is 1. The third-order valence-corrected chi connectivity index (χ3v) is 1.23. The maximum atomic E-state index is 10.7. The van der Waals surface area contributed by atoms with Gasteiger partial charge in [0.1, 0.15) is 0 Å². The van der Waals surface area contributed by atoms with Gasteiger partial charge in [-0.25, -0.2) is 0 Å². The van der Waals surface area contributed by atoms with Crippen LogP contribution in [0.5, 0.6) is 0 Å². The first-order chi connectivity index (χ1) is 4.22. The Morgan fingerprint density at radius 3 is 2.56 bits per heavy atom. The van der Waals surface area contributed by atoms with E-state index >= 15 is 0 Å². The Kier molecular flexibility index (Phi) is 3.84. The SMILES string of the molecule is CCC(C)C(=O)/N=N\C. The Balaban J connectivity index is 3.73. The van der Waals surface area contributed by atoms with E-state index in [1.165, 1.54) is 7.05 Å². The molecule has 9 heavy (non-hydrogen) atoms. The summed E-state index contributed by atoms with van der Waals surface area (Å²) < 4.78 is 0. The van der Waals surface area contributed by atoms with Gasteiger partial charge in [0.05, 0.1) is 0 Å². The molecular formula is C6H12N2O. The predicted octanol–water partition coefficient (Wildman–Crippen LogP) is 1.64. The highest BCUT2D eigenvalue weighted by atomic mass is 16.1. The summed E-state index contributed by atoms with van der Waals surface area (Å²) in [4.78, 5) is 10.7. The van der Waals surface area contributed by atoms with Crippen molar-refractivity contribution in [2.24, 2.45) is 16.1 Å². The van der Waals surface area contributed by atoms with Crippen molar-refractivity contribution in [3.63, 3.8) is 0 Å². The smallest absolute Gasteiger partial charge is 0.267 e. The first kappa shape index (κ1) is 8.27. The van der Waals surface area contributed by atoms with Crippen molar-refractivity contribution in [2.75, 3.05) is 7.05 Å². The number of hydrogen-bond acceptors (Lipinski definition) is 2. The Bertz CT molecular complexity index is 120. The van der Waals surface area contributed by atoms with E-state index in [0.29, 0.717) is 0 Å². The Labute approximate surface area is 55.2 Å². The summed E-state index contributed by atoms with van der Waals surface area (Å²) in [5.74, 6) is -0.103. The highest BCUT2D eigenvalue weighted by Crippen LogP contribution is 2.02. The van der Waals surface area contributed by atoms with Crippen molar-refractivity contribution < 1.29 is 4.79 Å². The van der Waals surface area contributed by atoms with Crippen molar-refractivity contribution in [2.45, 2.75) is 20.3 Å². The van der Waals surface area contributed by atoms with E-state index in [1.54, 1.807) is 0 Å². The van der Waals surface area contributed by atoms with Crippen LogP contribution in [0.4, 0.5) is 0 Å². The van der Waals surface area contributed by atoms with Gasteiger partial charge in [-0.3, -0.25) is 4.79 Å². The standard InChI is InChI=1S/C6H12N2O/c1-4-5(2)6(9)8-7-3/h5H,4H2,1-3H3/b8-7-. The molecule has 1 atom stereocenters. The molecule has 0 aromatic heterocycles. The lowest BCUT2D eigenvalue weighted by atomic mass is 10.1. The van der Waals surface area contributed by atoms with Crippen LogP contribution in [0.1, 0.15) is 20.3 Å². The fraction of sp³-hybridized carbons (Fsp3) is 0.833. The maximum Gasteiger partial charge on any atom is 0.267 e. The minimum atomic E-state index is -0.125. The lowest BCUT2D eigenvalue weighted by Gasteiger charge is -1.98. The molecule has 1 amide bonds. The molecule has 0 fully saturated rings. The van der Waals surface area contributed by atoms with Crippen LogP contribution in [-0.4, -0.2) is 13.0 Å². The Morgan fingerprint density at radius 1 is 1.67 bits per heavy atom. The van der Waals surface area contributed by atoms with E-state index in [2.05, 4.69) is 10.2 Å². The molecule has 0 saturated carbocycles. The second-order valence-corrected chi connectivity index (χ2v) is 1.95. The van der Waals surface area contributed by atoms with Crippen LogP contribution in [-0.2, 0) is 4.79 Å². The van der Waals surface area contributed by atoms with Crippen LogP contribution < -0.4 is 0 Å². The normalized spacial score (nSPS) is 14.1. The number of azo groups is 1. The second kappa shape index (κ2) is 4.18. The van der Waals surface area contributed by atoms with Crippen molar-refractivity contribution in [1.82, 2.24) is 0 Å². The summed E-state index contributed by atoms with van der Waals surface area (Å²) in [6, 6.07) is 0. The topological polar surface area (TPSA) is 41.8 Å². The van der Waals surface area contributed by atoms with E-state index < -0.39 is 0 Å². The Morgan fingerprint density at radius 2 is 2.22 bits per heavy atom. The minimum absolute atomic E-state index is 0.0219. The van der Waals surface area contributed by atoms with Crippen molar-refractivity contribution >= 4 is 5.91 Å². The van der Waals surface area contributed by atoms with Gasteiger partial charge in [0.2, 0.25) is 0 Å². The monoisotopic (exact) mass is 128 g/mol. The van der Waals surface area contributed by atoms with Crippen LogP contribution in [0.3, 0.4) is 0 Å². The molecule has 0 rings (SSSR count). The quantitative estimate of drug-likeness (QED) is 0.521. The average molecular weight is 128 g/mol. The number of amides is 1. The molecule has 0 aromatic rings. The number of rotatable bonds is 2. The van der Waals surface area contributed by atoms with Gasteiger partial charge in [-0.1, -0.05) is 13.8 Å². The van der Waals surface area contributed by atoms with Crippen LogP contribution in [0.2, 0.25) is 0 Å². The lowest BCUT2D eigenvalue weighted by Crippen LogP contribution is -2.05. The van der Waals surface area contributed by atoms with E-state index in [1.807, 2.05) is 13.8 Å². The third-order valence-electron chi connectivity index (χ3n) is 1.23.